The van der Waals surface area contributed by atoms with Crippen molar-refractivity contribution in [1.29, 1.82) is 0 Å². The number of aryl methyl sites for hydroxylation is 3. The zero-order valence-corrected chi connectivity index (χ0v) is 73.8. The van der Waals surface area contributed by atoms with Gasteiger partial charge in [-0.1, -0.05) is 369 Å². The van der Waals surface area contributed by atoms with Crippen LogP contribution in [-0.2, 0) is 0 Å². The molecule has 0 atom stereocenters. The van der Waals surface area contributed by atoms with E-state index in [1.165, 1.54) is 132 Å². The highest BCUT2D eigenvalue weighted by Crippen LogP contribution is 2.42. The van der Waals surface area contributed by atoms with Gasteiger partial charge < -0.3 is 18.3 Å². The van der Waals surface area contributed by atoms with E-state index in [1.807, 2.05) is 12.1 Å². The van der Waals surface area contributed by atoms with Crippen LogP contribution in [0.4, 0.5) is 0 Å². The molecule has 0 amide bonds. The molecule has 0 saturated carbocycles. The highest BCUT2D eigenvalue weighted by Gasteiger charge is 2.21. The first-order valence-corrected chi connectivity index (χ1v) is 45.5. The van der Waals surface area contributed by atoms with Crippen LogP contribution >= 0.6 is 0 Å². The molecule has 0 aliphatic rings. The van der Waals surface area contributed by atoms with Crippen molar-refractivity contribution >= 4 is 87.2 Å². The molecule has 0 bridgehead atoms. The van der Waals surface area contributed by atoms with Crippen LogP contribution in [0.1, 0.15) is 16.7 Å². The van der Waals surface area contributed by atoms with Crippen LogP contribution in [0.2, 0.25) is 0 Å². The van der Waals surface area contributed by atoms with E-state index in [9.17, 15) is 0 Å². The van der Waals surface area contributed by atoms with E-state index in [2.05, 4.69) is 512 Å². The van der Waals surface area contributed by atoms with E-state index < -0.39 is 0 Å². The van der Waals surface area contributed by atoms with Crippen molar-refractivity contribution in [3.05, 3.63) is 502 Å². The van der Waals surface area contributed by atoms with E-state index in [0.717, 1.165) is 107 Å². The summed E-state index contributed by atoms with van der Waals surface area (Å²) in [4.78, 5) is 15.4. The van der Waals surface area contributed by atoms with Gasteiger partial charge >= 0.3 is 0 Å². The van der Waals surface area contributed by atoms with Gasteiger partial charge in [-0.3, -0.25) is 0 Å². The van der Waals surface area contributed by atoms with Crippen molar-refractivity contribution < 1.29 is 0 Å². The Morgan fingerprint density at radius 3 is 0.474 bits per heavy atom. The largest absolute Gasteiger partial charge is 0.309 e. The molecule has 0 unspecified atom stereocenters. The Kier molecular flexibility index (Phi) is 20.9. The zero-order valence-electron chi connectivity index (χ0n) is 73.8. The number of pyridine rings is 3. The third-order valence-electron chi connectivity index (χ3n) is 26.0. The summed E-state index contributed by atoms with van der Waals surface area (Å²) >= 11 is 0. The Balaban J connectivity index is 0.000000114. The fourth-order valence-electron chi connectivity index (χ4n) is 19.2. The van der Waals surface area contributed by atoms with Crippen LogP contribution in [0, 0.1) is 20.8 Å². The third kappa shape index (κ3) is 15.5. The predicted octanol–water partition coefficient (Wildman–Crippen LogP) is 33.2. The zero-order chi connectivity index (χ0) is 88.8. The summed E-state index contributed by atoms with van der Waals surface area (Å²) in [6.07, 6.45) is 0. The van der Waals surface area contributed by atoms with Gasteiger partial charge in [-0.2, -0.15) is 0 Å². The van der Waals surface area contributed by atoms with Crippen molar-refractivity contribution in [1.82, 2.24) is 33.2 Å². The Labute approximate surface area is 772 Å². The second-order valence-electron chi connectivity index (χ2n) is 34.5. The average Bonchev–Trinajstić information content (AvgIpc) is 1.61. The van der Waals surface area contributed by atoms with Gasteiger partial charge in [0, 0.05) is 99.2 Å². The molecule has 0 saturated heterocycles. The molecule has 0 aliphatic heterocycles. The highest BCUT2D eigenvalue weighted by atomic mass is 15.0. The topological polar surface area (TPSA) is 58.4 Å². The summed E-state index contributed by atoms with van der Waals surface area (Å²) in [7, 11) is 0. The summed E-state index contributed by atoms with van der Waals surface area (Å²) in [5, 5.41) is 10.2. The molecule has 25 rings (SSSR count). The van der Waals surface area contributed by atoms with Crippen molar-refractivity contribution in [2.45, 2.75) is 20.8 Å². The standard InChI is InChI=1S/C48H33N3.C41H28N2.C37H28N2/c1-32-18-20-33(21-19-32)36-30-43(34-22-26-37(27-23-34)50-45-14-6-2-10-39(45)40-11-3-7-15-46(40)50)49-44(31-36)35-24-28-38(29-25-35)51-47-16-8-4-12-41(47)42-13-5-9-17-48(42)51;1-3-11-32(12-4-1)38-27-34(28-39(42-38)33-13-5-2-6-14-33)31-21-19-29(20-22-31)30-23-25-35(26-24-30)43-40-17-9-7-15-36(40)37-16-8-10-18-41(37)43;1-25-11-15-28(16-12-25)34-23-30(24-35(38-34)29-17-13-26(2)14-18-29)27-19-21-31(22-20-27)39-36-9-5-3-7-32(36)33-8-4-6-10-37(33)39/h2-31H,1H3;1-28H;3-24H,1-2H3. The average molecular weight is 1700 g/mol. The number of rotatable bonds is 14. The Morgan fingerprint density at radius 2 is 0.271 bits per heavy atom. The van der Waals surface area contributed by atoms with Crippen molar-refractivity contribution in [2.24, 2.45) is 0 Å². The quantitative estimate of drug-likeness (QED) is 0.109. The molecule has 133 heavy (non-hydrogen) atoms. The van der Waals surface area contributed by atoms with Gasteiger partial charge in [0.15, 0.2) is 0 Å². The normalized spacial score (nSPS) is 11.4. The Bertz CT molecular complexity index is 8110. The third-order valence-corrected chi connectivity index (χ3v) is 26.0. The van der Waals surface area contributed by atoms with Crippen molar-refractivity contribution in [3.8, 4) is 135 Å². The minimum Gasteiger partial charge on any atom is -0.309 e. The highest BCUT2D eigenvalue weighted by molar-refractivity contribution is 6.13. The number of hydrogen-bond donors (Lipinski definition) is 0. The van der Waals surface area contributed by atoms with E-state index in [4.69, 9.17) is 15.0 Å². The second kappa shape index (κ2) is 34.7. The number of benzene rings is 18. The lowest BCUT2D eigenvalue weighted by Gasteiger charge is -2.13. The summed E-state index contributed by atoms with van der Waals surface area (Å²) in [5.41, 5.74) is 39.8. The molecule has 0 aliphatic carbocycles. The lowest BCUT2D eigenvalue weighted by atomic mass is 9.97. The maximum Gasteiger partial charge on any atom is 0.0715 e. The lowest BCUT2D eigenvalue weighted by molar-refractivity contribution is 1.18. The molecule has 0 fully saturated rings. The van der Waals surface area contributed by atoms with Crippen LogP contribution in [0.5, 0.6) is 0 Å². The minimum atomic E-state index is 0.948. The lowest BCUT2D eigenvalue weighted by Crippen LogP contribution is -1.96. The molecule has 0 N–H and O–H groups in total. The number of nitrogens with zero attached hydrogens (tertiary/aromatic N) is 7. The maximum atomic E-state index is 5.29. The second-order valence-corrected chi connectivity index (χ2v) is 34.5. The van der Waals surface area contributed by atoms with Crippen LogP contribution in [0.25, 0.3) is 222 Å². The smallest absolute Gasteiger partial charge is 0.0715 e. The van der Waals surface area contributed by atoms with Crippen molar-refractivity contribution in [3.63, 3.8) is 0 Å². The van der Waals surface area contributed by atoms with Crippen LogP contribution in [0.15, 0.2) is 485 Å². The van der Waals surface area contributed by atoms with Crippen molar-refractivity contribution in [2.75, 3.05) is 0 Å². The van der Waals surface area contributed by atoms with Gasteiger partial charge in [0.1, 0.15) is 0 Å². The van der Waals surface area contributed by atoms with E-state index in [1.54, 1.807) is 0 Å². The number of hydrogen-bond acceptors (Lipinski definition) is 3. The summed E-state index contributed by atoms with van der Waals surface area (Å²) < 4.78 is 9.43. The van der Waals surface area contributed by atoms with Gasteiger partial charge in [-0.05, 0) is 199 Å². The molecular weight excluding hydrogens is 1610 g/mol. The van der Waals surface area contributed by atoms with Crippen LogP contribution in [0.3, 0.4) is 0 Å². The summed E-state index contributed by atoms with van der Waals surface area (Å²) in [5.74, 6) is 0. The number of aromatic nitrogens is 7. The van der Waals surface area contributed by atoms with Gasteiger partial charge in [0.2, 0.25) is 0 Å². The number of fused-ring (bicyclic) bond motifs is 12. The van der Waals surface area contributed by atoms with Gasteiger partial charge in [0.05, 0.1) is 78.3 Å². The molecular formula is C126H89N7. The molecule has 25 aromatic rings. The molecule has 18 aromatic carbocycles. The molecule has 628 valence electrons. The van der Waals surface area contributed by atoms with Gasteiger partial charge in [-0.25, -0.2) is 15.0 Å². The first kappa shape index (κ1) is 80.2. The van der Waals surface area contributed by atoms with Crippen LogP contribution in [-0.4, -0.2) is 33.2 Å². The predicted molar refractivity (Wildman–Crippen MR) is 559 cm³/mol. The summed E-state index contributed by atoms with van der Waals surface area (Å²) in [6.45, 7) is 6.36. The first-order chi connectivity index (χ1) is 65.6. The summed E-state index contributed by atoms with van der Waals surface area (Å²) in [6, 6.07) is 174. The van der Waals surface area contributed by atoms with Gasteiger partial charge in [-0.15, -0.1) is 0 Å². The SMILES string of the molecule is Cc1ccc(-c2cc(-c3ccc(-n4c5ccccc5c5ccccc54)cc3)cc(-c3ccc(C)cc3)n2)cc1.Cc1ccc(-c2cc(-c3ccc(-n4c5ccccc5c5ccccc54)cc3)nc(-c3ccc(-n4c5ccccc5c5ccccc54)cc3)c2)cc1.c1ccc(-c2cc(-c3ccc(-c4ccc(-n5c6ccccc6c6ccccc65)cc4)cc3)cc(-c3ccccc3)n2)cc1. The molecule has 0 radical (unpaired) electrons. The number of para-hydroxylation sites is 8. The maximum absolute atomic E-state index is 5.29. The first-order valence-electron chi connectivity index (χ1n) is 45.5. The molecule has 7 aromatic heterocycles. The molecule has 7 heterocycles. The molecule has 7 nitrogen and oxygen atoms in total. The Hall–Kier alpha value is -17.4. The van der Waals surface area contributed by atoms with E-state index in [-0.39, 0.29) is 0 Å². The Morgan fingerprint density at radius 1 is 0.128 bits per heavy atom. The fraction of sp³-hybridized carbons (Fsp3) is 0.0238. The molecule has 0 spiro atoms. The molecule has 7 heteroatoms. The monoisotopic (exact) mass is 1700 g/mol. The van der Waals surface area contributed by atoms with Gasteiger partial charge in [0.25, 0.3) is 0 Å². The fourth-order valence-corrected chi connectivity index (χ4v) is 19.2. The van der Waals surface area contributed by atoms with Crippen LogP contribution < -0.4 is 0 Å². The minimum absolute atomic E-state index is 0.948. The van der Waals surface area contributed by atoms with E-state index in [0.29, 0.717) is 0 Å². The van der Waals surface area contributed by atoms with E-state index >= 15 is 0 Å².